The van der Waals surface area contributed by atoms with Crippen LogP contribution in [0.4, 0.5) is 5.82 Å². The first-order valence-corrected chi connectivity index (χ1v) is 14.0. The van der Waals surface area contributed by atoms with Crippen molar-refractivity contribution < 1.29 is 23.3 Å². The van der Waals surface area contributed by atoms with E-state index in [2.05, 4.69) is 29.0 Å². The molecule has 4 rings (SSSR count). The van der Waals surface area contributed by atoms with Gasteiger partial charge in [-0.1, -0.05) is 44.9 Å². The quantitative estimate of drug-likeness (QED) is 0.237. The van der Waals surface area contributed by atoms with E-state index < -0.39 is 14.6 Å². The molecule has 0 radical (unpaired) electrons. The monoisotopic (exact) mass is 529 g/mol. The second-order valence-electron chi connectivity index (χ2n) is 9.15. The highest BCUT2D eigenvalue weighted by Gasteiger charge is 2.31. The fraction of sp³-hybridized carbons (Fsp3) is 0.500. The zero-order valence-corrected chi connectivity index (χ0v) is 22.5. The van der Waals surface area contributed by atoms with Gasteiger partial charge in [0.05, 0.1) is 25.0 Å². The number of nitrogens with one attached hydrogen (secondary N) is 1. The number of nitrogen functional groups attached to an aromatic ring is 1. The number of hydrogen-bond acceptors (Lipinski definition) is 9. The van der Waals surface area contributed by atoms with E-state index >= 15 is 0 Å². The second kappa shape index (κ2) is 13.1. The molecular formula is C26H36N5O5P. The van der Waals surface area contributed by atoms with Crippen LogP contribution in [0.3, 0.4) is 0 Å². The predicted octanol–water partition coefficient (Wildman–Crippen LogP) is 4.81. The maximum absolute atomic E-state index is 12.6. The molecule has 3 aromatic rings. The van der Waals surface area contributed by atoms with Gasteiger partial charge < -0.3 is 24.3 Å². The van der Waals surface area contributed by atoms with E-state index in [9.17, 15) is 4.79 Å². The molecule has 2 aromatic heterocycles. The first-order chi connectivity index (χ1) is 18.0. The summed E-state index contributed by atoms with van der Waals surface area (Å²) in [5.41, 5.74) is 7.66. The maximum Gasteiger partial charge on any atom is 0.323 e. The van der Waals surface area contributed by atoms with Crippen molar-refractivity contribution in [3.05, 3.63) is 54.5 Å². The van der Waals surface area contributed by atoms with Gasteiger partial charge in [0.1, 0.15) is 29.7 Å². The van der Waals surface area contributed by atoms with Crippen molar-refractivity contribution >= 4 is 25.8 Å². The molecule has 1 saturated heterocycles. The lowest BCUT2D eigenvalue weighted by Gasteiger charge is -2.23. The smallest absolute Gasteiger partial charge is 0.323 e. The third kappa shape index (κ3) is 7.17. The van der Waals surface area contributed by atoms with Crippen molar-refractivity contribution in [1.82, 2.24) is 19.7 Å². The fourth-order valence-electron chi connectivity index (χ4n) is 4.14. The summed E-state index contributed by atoms with van der Waals surface area (Å²) < 4.78 is 25.8. The van der Waals surface area contributed by atoms with Gasteiger partial charge in [0.2, 0.25) is 0 Å². The van der Waals surface area contributed by atoms with Crippen LogP contribution in [0.2, 0.25) is 0 Å². The number of esters is 1. The molecule has 0 amide bonds. The van der Waals surface area contributed by atoms with Gasteiger partial charge in [0.15, 0.2) is 5.82 Å². The third-order valence-electron chi connectivity index (χ3n) is 6.53. The van der Waals surface area contributed by atoms with Gasteiger partial charge in [-0.3, -0.25) is 4.79 Å². The molecule has 11 heteroatoms. The Hall–Kier alpha value is -2.78. The summed E-state index contributed by atoms with van der Waals surface area (Å²) in [6.07, 6.45) is 4.78. The molecule has 3 unspecified atom stereocenters. The maximum atomic E-state index is 12.6. The number of rotatable bonds is 13. The number of carbonyl (C=O) groups excluding carboxylic acids is 1. The third-order valence-corrected chi connectivity index (χ3v) is 7.88. The Morgan fingerprint density at radius 1 is 1.22 bits per heavy atom. The summed E-state index contributed by atoms with van der Waals surface area (Å²) in [6.45, 7) is 6.69. The number of benzene rings is 1. The molecule has 37 heavy (non-hydrogen) atoms. The minimum atomic E-state index is -1.62. The van der Waals surface area contributed by atoms with Gasteiger partial charge in [-0.2, -0.15) is 5.10 Å². The number of ether oxygens (including phenoxy) is 2. The highest BCUT2D eigenvalue weighted by molar-refractivity contribution is 7.45. The van der Waals surface area contributed by atoms with Gasteiger partial charge in [0, 0.05) is 0 Å². The lowest BCUT2D eigenvalue weighted by molar-refractivity contribution is -0.146. The zero-order chi connectivity index (χ0) is 26.2. The molecular weight excluding hydrogens is 493 g/mol. The highest BCUT2D eigenvalue weighted by atomic mass is 31.2. The summed E-state index contributed by atoms with van der Waals surface area (Å²) in [5.74, 6) is 1.13. The van der Waals surface area contributed by atoms with Crippen LogP contribution in [0.15, 0.2) is 48.8 Å². The Morgan fingerprint density at radius 2 is 2.00 bits per heavy atom. The molecule has 1 aliphatic heterocycles. The number of nitrogens with zero attached hydrogens (tertiary/aromatic N) is 3. The molecule has 1 aliphatic rings. The molecule has 0 spiro atoms. The van der Waals surface area contributed by atoms with E-state index in [-0.39, 0.29) is 18.2 Å². The van der Waals surface area contributed by atoms with Crippen LogP contribution >= 0.6 is 8.53 Å². The molecule has 200 valence electrons. The standard InChI is InChI=1S/C26H36N5O5P/c1-4-19(5-2)15-33-26(32)18(3)30-37(36-20-9-7-6-8-10-20)34-16-21-11-14-24(35-21)22-12-13-23-25(27)28-17-29-31(22)23/h6-10,12-13,17-19,21,24,30H,4-5,11,14-16H2,1-3H3,(H2,27,28,29)/t18?,21?,24?,37-/m1/s1. The van der Waals surface area contributed by atoms with Gasteiger partial charge in [-0.25, -0.2) is 14.6 Å². The SMILES string of the molecule is CCC(CC)COC(=O)C(C)N[P@](OCC1CCC(c2ccc3c(N)ncnn23)O1)Oc1ccccc1. The van der Waals surface area contributed by atoms with E-state index in [1.165, 1.54) is 6.33 Å². The summed E-state index contributed by atoms with van der Waals surface area (Å²) in [4.78, 5) is 16.6. The first kappa shape index (κ1) is 27.3. The largest absolute Gasteiger partial charge is 0.464 e. The number of aromatic nitrogens is 3. The van der Waals surface area contributed by atoms with Crippen LogP contribution in [0.5, 0.6) is 5.75 Å². The van der Waals surface area contributed by atoms with E-state index in [4.69, 9.17) is 24.3 Å². The van der Waals surface area contributed by atoms with Crippen molar-refractivity contribution in [3.8, 4) is 5.75 Å². The Balaban J connectivity index is 1.34. The van der Waals surface area contributed by atoms with Crippen LogP contribution in [-0.2, 0) is 18.8 Å². The van der Waals surface area contributed by atoms with Crippen LogP contribution in [0.25, 0.3) is 5.52 Å². The number of carbonyl (C=O) groups is 1. The predicted molar refractivity (Wildman–Crippen MR) is 142 cm³/mol. The van der Waals surface area contributed by atoms with E-state index in [1.807, 2.05) is 42.5 Å². The number of hydrogen-bond donors (Lipinski definition) is 2. The Morgan fingerprint density at radius 3 is 2.76 bits per heavy atom. The van der Waals surface area contributed by atoms with Gasteiger partial charge >= 0.3 is 14.5 Å². The average molecular weight is 530 g/mol. The lowest BCUT2D eigenvalue weighted by atomic mass is 10.1. The zero-order valence-electron chi connectivity index (χ0n) is 21.6. The Labute approximate surface area is 218 Å². The molecule has 1 fully saturated rings. The van der Waals surface area contributed by atoms with Crippen LogP contribution in [0, 0.1) is 5.92 Å². The first-order valence-electron chi connectivity index (χ1n) is 12.8. The minimum absolute atomic E-state index is 0.126. The van der Waals surface area contributed by atoms with Crippen molar-refractivity contribution in [1.29, 1.82) is 0 Å². The average Bonchev–Trinajstić information content (AvgIpc) is 3.56. The van der Waals surface area contributed by atoms with Crippen LogP contribution < -0.4 is 15.3 Å². The van der Waals surface area contributed by atoms with Gasteiger partial charge in [-0.15, -0.1) is 0 Å². The molecule has 3 heterocycles. The van der Waals surface area contributed by atoms with Gasteiger partial charge in [0.25, 0.3) is 0 Å². The van der Waals surface area contributed by atoms with Crippen molar-refractivity contribution in [2.45, 2.75) is 64.7 Å². The Kier molecular flexibility index (Phi) is 9.68. The van der Waals surface area contributed by atoms with E-state index in [0.29, 0.717) is 30.7 Å². The van der Waals surface area contributed by atoms with E-state index in [1.54, 1.807) is 11.4 Å². The topological polar surface area (TPSA) is 122 Å². The molecule has 3 N–H and O–H groups in total. The summed E-state index contributed by atoms with van der Waals surface area (Å²) >= 11 is 0. The summed E-state index contributed by atoms with van der Waals surface area (Å²) in [7, 11) is -1.62. The molecule has 0 aliphatic carbocycles. The molecule has 10 nitrogen and oxygen atoms in total. The fourth-order valence-corrected chi connectivity index (χ4v) is 5.36. The second-order valence-corrected chi connectivity index (χ2v) is 10.4. The molecule has 0 saturated carbocycles. The number of fused-ring (bicyclic) bond motifs is 1. The van der Waals surface area contributed by atoms with Crippen molar-refractivity contribution in [3.63, 3.8) is 0 Å². The lowest BCUT2D eigenvalue weighted by Crippen LogP contribution is -2.34. The molecule has 0 bridgehead atoms. The van der Waals surface area contributed by atoms with E-state index in [0.717, 1.165) is 36.9 Å². The highest BCUT2D eigenvalue weighted by Crippen LogP contribution is 2.39. The van der Waals surface area contributed by atoms with Crippen LogP contribution in [-0.4, -0.2) is 45.9 Å². The molecule has 4 atom stereocenters. The van der Waals surface area contributed by atoms with Crippen molar-refractivity contribution in [2.24, 2.45) is 5.92 Å². The van der Waals surface area contributed by atoms with Crippen molar-refractivity contribution in [2.75, 3.05) is 18.9 Å². The molecule has 1 aromatic carbocycles. The number of nitrogens with two attached hydrogens (primary N) is 1. The summed E-state index contributed by atoms with van der Waals surface area (Å²) in [5, 5.41) is 7.50. The Bertz CT molecular complexity index is 1140. The minimum Gasteiger partial charge on any atom is -0.464 e. The normalized spacial score (nSPS) is 19.2. The summed E-state index contributed by atoms with van der Waals surface area (Å²) in [6, 6.07) is 12.7. The van der Waals surface area contributed by atoms with Gasteiger partial charge in [-0.05, 0) is 49.9 Å². The number of anilines is 1. The van der Waals surface area contributed by atoms with Crippen LogP contribution in [0.1, 0.15) is 58.3 Å². The number of para-hydroxylation sites is 1.